The Morgan fingerprint density at radius 3 is 2.53 bits per heavy atom. The number of benzene rings is 1. The van der Waals surface area contributed by atoms with Crippen molar-refractivity contribution < 1.29 is 27.1 Å². The average Bonchev–Trinajstić information content (AvgIpc) is 3.21. The van der Waals surface area contributed by atoms with Gasteiger partial charge in [-0.25, -0.2) is 4.68 Å². The minimum atomic E-state index is -4.61. The third kappa shape index (κ3) is 5.97. The Balaban J connectivity index is 1.74. The molecule has 158 valence electrons. The van der Waals surface area contributed by atoms with E-state index in [1.54, 1.807) is 24.3 Å². The fourth-order valence-electron chi connectivity index (χ4n) is 2.66. The molecule has 30 heavy (non-hydrogen) atoms. The van der Waals surface area contributed by atoms with Crippen LogP contribution in [0.3, 0.4) is 0 Å². The van der Waals surface area contributed by atoms with E-state index in [9.17, 15) is 22.8 Å². The van der Waals surface area contributed by atoms with Gasteiger partial charge in [0.25, 0.3) is 11.5 Å². The number of furan rings is 1. The molecular weight excluding hydrogens is 403 g/mol. The first-order chi connectivity index (χ1) is 14.3. The SMILES string of the molecule is O=C(c1ccc(=O)n(CCOc2ccccc2)n1)N(Cc1ccco1)CC(F)(F)F. The molecule has 0 aliphatic heterocycles. The van der Waals surface area contributed by atoms with Gasteiger partial charge in [-0.15, -0.1) is 0 Å². The van der Waals surface area contributed by atoms with Crippen molar-refractivity contribution in [1.82, 2.24) is 14.7 Å². The molecule has 0 aliphatic carbocycles. The molecule has 3 rings (SSSR count). The van der Waals surface area contributed by atoms with Crippen molar-refractivity contribution in [1.29, 1.82) is 0 Å². The predicted molar refractivity (Wildman–Crippen MR) is 99.9 cm³/mol. The topological polar surface area (TPSA) is 77.6 Å². The van der Waals surface area contributed by atoms with Gasteiger partial charge in [0.2, 0.25) is 0 Å². The molecule has 7 nitrogen and oxygen atoms in total. The summed E-state index contributed by atoms with van der Waals surface area (Å²) in [5.41, 5.74) is -0.790. The van der Waals surface area contributed by atoms with E-state index < -0.39 is 24.2 Å². The van der Waals surface area contributed by atoms with Gasteiger partial charge >= 0.3 is 6.18 Å². The molecule has 0 atom stereocenters. The summed E-state index contributed by atoms with van der Waals surface area (Å²) in [5, 5.41) is 3.92. The lowest BCUT2D eigenvalue weighted by Gasteiger charge is -2.22. The largest absolute Gasteiger partial charge is 0.492 e. The fourth-order valence-corrected chi connectivity index (χ4v) is 2.66. The van der Waals surface area contributed by atoms with Crippen molar-refractivity contribution in [2.75, 3.05) is 13.2 Å². The summed E-state index contributed by atoms with van der Waals surface area (Å²) in [6, 6.07) is 14.0. The van der Waals surface area contributed by atoms with E-state index in [0.717, 1.165) is 16.8 Å². The number of para-hydroxylation sites is 1. The number of amides is 1. The second kappa shape index (κ2) is 9.29. The zero-order chi connectivity index (χ0) is 21.6. The number of nitrogens with zero attached hydrogens (tertiary/aromatic N) is 3. The molecule has 0 fully saturated rings. The molecule has 0 N–H and O–H groups in total. The maximum absolute atomic E-state index is 13.0. The highest BCUT2D eigenvalue weighted by Gasteiger charge is 2.34. The molecule has 0 aliphatic rings. The number of carbonyl (C=O) groups is 1. The summed E-state index contributed by atoms with van der Waals surface area (Å²) in [7, 11) is 0. The highest BCUT2D eigenvalue weighted by atomic mass is 19.4. The van der Waals surface area contributed by atoms with Crippen molar-refractivity contribution in [3.05, 3.63) is 82.7 Å². The number of hydrogen-bond donors (Lipinski definition) is 0. The van der Waals surface area contributed by atoms with Crippen LogP contribution in [0.1, 0.15) is 16.2 Å². The van der Waals surface area contributed by atoms with Crippen LogP contribution in [0.2, 0.25) is 0 Å². The highest BCUT2D eigenvalue weighted by molar-refractivity contribution is 5.92. The van der Waals surface area contributed by atoms with E-state index in [-0.39, 0.29) is 31.2 Å². The zero-order valence-electron chi connectivity index (χ0n) is 15.7. The minimum Gasteiger partial charge on any atom is -0.492 e. The maximum Gasteiger partial charge on any atom is 0.406 e. The molecule has 1 amide bonds. The van der Waals surface area contributed by atoms with Crippen LogP contribution >= 0.6 is 0 Å². The standard InChI is InChI=1S/C20H18F3N3O4/c21-20(22,23)14-25(13-16-7-4-11-29-16)19(28)17-8-9-18(27)26(24-17)10-12-30-15-5-2-1-3-6-15/h1-9,11H,10,12-14H2. The van der Waals surface area contributed by atoms with Crippen LogP contribution in [0.25, 0.3) is 0 Å². The lowest BCUT2D eigenvalue weighted by Crippen LogP contribution is -2.39. The molecule has 0 unspecified atom stereocenters. The van der Waals surface area contributed by atoms with Gasteiger partial charge in [-0.1, -0.05) is 18.2 Å². The molecule has 0 saturated heterocycles. The van der Waals surface area contributed by atoms with E-state index in [0.29, 0.717) is 10.6 Å². The third-order valence-electron chi connectivity index (χ3n) is 3.98. The molecule has 0 saturated carbocycles. The van der Waals surface area contributed by atoms with Crippen LogP contribution in [0.15, 0.2) is 70.1 Å². The molecule has 1 aromatic carbocycles. The normalized spacial score (nSPS) is 11.3. The van der Waals surface area contributed by atoms with Crippen molar-refractivity contribution >= 4 is 5.91 Å². The second-order valence-corrected chi connectivity index (χ2v) is 6.30. The second-order valence-electron chi connectivity index (χ2n) is 6.30. The number of alkyl halides is 3. The number of ether oxygens (including phenoxy) is 1. The highest BCUT2D eigenvalue weighted by Crippen LogP contribution is 2.20. The summed E-state index contributed by atoms with van der Waals surface area (Å²) >= 11 is 0. The summed E-state index contributed by atoms with van der Waals surface area (Å²) in [6.45, 7) is -1.76. The molecule has 0 radical (unpaired) electrons. The minimum absolute atomic E-state index is 0.0201. The van der Waals surface area contributed by atoms with Crippen LogP contribution in [-0.2, 0) is 13.1 Å². The van der Waals surface area contributed by atoms with Crippen molar-refractivity contribution in [3.63, 3.8) is 0 Å². The first-order valence-corrected chi connectivity index (χ1v) is 8.96. The molecule has 0 spiro atoms. The average molecular weight is 421 g/mol. The Hall–Kier alpha value is -3.56. The number of rotatable bonds is 8. The zero-order valence-corrected chi connectivity index (χ0v) is 15.7. The molecule has 3 aromatic rings. The van der Waals surface area contributed by atoms with E-state index >= 15 is 0 Å². The van der Waals surface area contributed by atoms with Gasteiger partial charge in [0.15, 0.2) is 0 Å². The van der Waals surface area contributed by atoms with Crippen LogP contribution < -0.4 is 10.3 Å². The Morgan fingerprint density at radius 2 is 1.87 bits per heavy atom. The van der Waals surface area contributed by atoms with E-state index in [1.165, 1.54) is 18.4 Å². The number of carbonyl (C=O) groups excluding carboxylic acids is 1. The Kier molecular flexibility index (Phi) is 6.55. The molecular formula is C20H18F3N3O4. The van der Waals surface area contributed by atoms with Gasteiger partial charge in [-0.3, -0.25) is 9.59 Å². The van der Waals surface area contributed by atoms with Gasteiger partial charge < -0.3 is 14.1 Å². The Bertz CT molecular complexity index is 1020. The predicted octanol–water partition coefficient (Wildman–Crippen LogP) is 3.12. The summed E-state index contributed by atoms with van der Waals surface area (Å²) in [5.74, 6) is -0.189. The monoisotopic (exact) mass is 421 g/mol. The number of aromatic nitrogens is 2. The van der Waals surface area contributed by atoms with Gasteiger partial charge in [-0.05, 0) is 30.3 Å². The van der Waals surface area contributed by atoms with E-state index in [1.807, 2.05) is 6.07 Å². The number of halogens is 3. The molecule has 0 bridgehead atoms. The summed E-state index contributed by atoms with van der Waals surface area (Å²) in [4.78, 5) is 25.3. The molecule has 2 aromatic heterocycles. The van der Waals surface area contributed by atoms with E-state index in [2.05, 4.69) is 5.10 Å². The van der Waals surface area contributed by atoms with Crippen molar-refractivity contribution in [3.8, 4) is 5.75 Å². The third-order valence-corrected chi connectivity index (χ3v) is 3.98. The number of hydrogen-bond acceptors (Lipinski definition) is 5. The van der Waals surface area contributed by atoms with E-state index in [4.69, 9.17) is 9.15 Å². The van der Waals surface area contributed by atoms with Crippen LogP contribution in [0.5, 0.6) is 5.75 Å². The Labute approximate surface area is 169 Å². The van der Waals surface area contributed by atoms with Crippen LogP contribution in [0, 0.1) is 0 Å². The molecule has 2 heterocycles. The molecule has 10 heteroatoms. The Morgan fingerprint density at radius 1 is 1.10 bits per heavy atom. The van der Waals surface area contributed by atoms with Crippen molar-refractivity contribution in [2.24, 2.45) is 0 Å². The lowest BCUT2D eigenvalue weighted by atomic mass is 10.3. The first kappa shape index (κ1) is 21.2. The quantitative estimate of drug-likeness (QED) is 0.559. The maximum atomic E-state index is 13.0. The van der Waals surface area contributed by atoms with Crippen LogP contribution in [0.4, 0.5) is 13.2 Å². The fraction of sp³-hybridized carbons (Fsp3) is 0.250. The summed E-state index contributed by atoms with van der Waals surface area (Å²) in [6.07, 6.45) is -3.31. The van der Waals surface area contributed by atoms with Gasteiger partial charge in [0.05, 0.1) is 19.4 Å². The lowest BCUT2D eigenvalue weighted by molar-refractivity contribution is -0.142. The van der Waals surface area contributed by atoms with Gasteiger partial charge in [0.1, 0.15) is 30.4 Å². The summed E-state index contributed by atoms with van der Waals surface area (Å²) < 4.78 is 50.4. The van der Waals surface area contributed by atoms with Gasteiger partial charge in [-0.2, -0.15) is 18.3 Å². The first-order valence-electron chi connectivity index (χ1n) is 8.96. The van der Waals surface area contributed by atoms with Gasteiger partial charge in [0, 0.05) is 6.07 Å². The van der Waals surface area contributed by atoms with Crippen molar-refractivity contribution in [2.45, 2.75) is 19.3 Å². The van der Waals surface area contributed by atoms with Crippen LogP contribution in [-0.4, -0.2) is 39.9 Å². The smallest absolute Gasteiger partial charge is 0.406 e.